The van der Waals surface area contributed by atoms with E-state index >= 15 is 0 Å². The minimum absolute atomic E-state index is 0.0466. The molecule has 0 bridgehead atoms. The van der Waals surface area contributed by atoms with Gasteiger partial charge in [-0.2, -0.15) is 0 Å². The van der Waals surface area contributed by atoms with Crippen LogP contribution >= 0.6 is 23.2 Å². The van der Waals surface area contributed by atoms with E-state index in [-0.39, 0.29) is 11.5 Å². The molecule has 0 spiro atoms. The maximum absolute atomic E-state index is 10.8. The van der Waals surface area contributed by atoms with Crippen LogP contribution in [0.3, 0.4) is 0 Å². The lowest BCUT2D eigenvalue weighted by atomic mass is 10.1. The number of halogens is 2. The van der Waals surface area contributed by atoms with E-state index in [0.29, 0.717) is 23.0 Å². The molecule has 0 aliphatic rings. The molecule has 0 unspecified atom stereocenters. The summed E-state index contributed by atoms with van der Waals surface area (Å²) in [6.07, 6.45) is 2.12. The van der Waals surface area contributed by atoms with E-state index in [1.807, 2.05) is 6.07 Å². The lowest BCUT2D eigenvalue weighted by Crippen LogP contribution is -2.08. The first-order chi connectivity index (χ1) is 9.58. The first kappa shape index (κ1) is 14.6. The van der Waals surface area contributed by atoms with Crippen molar-refractivity contribution in [3.8, 4) is 0 Å². The normalized spacial score (nSPS) is 10.3. The van der Waals surface area contributed by atoms with Crippen LogP contribution in [0.25, 0.3) is 0 Å². The zero-order valence-electron chi connectivity index (χ0n) is 10.3. The van der Waals surface area contributed by atoms with E-state index in [1.54, 1.807) is 12.1 Å². The van der Waals surface area contributed by atoms with Crippen LogP contribution in [0.2, 0.25) is 10.0 Å². The van der Waals surface area contributed by atoms with Crippen molar-refractivity contribution in [1.82, 2.24) is 4.98 Å². The van der Waals surface area contributed by atoms with Gasteiger partial charge < -0.3 is 5.32 Å². The summed E-state index contributed by atoms with van der Waals surface area (Å²) in [4.78, 5) is 14.3. The number of pyridine rings is 1. The molecule has 0 radical (unpaired) electrons. The molecule has 0 aliphatic carbocycles. The summed E-state index contributed by atoms with van der Waals surface area (Å²) in [6, 6.07) is 8.19. The maximum atomic E-state index is 10.8. The Labute approximate surface area is 125 Å². The maximum Gasteiger partial charge on any atom is 0.311 e. The van der Waals surface area contributed by atoms with E-state index in [0.717, 1.165) is 5.56 Å². The standard InChI is InChI=1S/C13H11Cl2N3O2/c14-10-4-3-9(11(15)8-10)5-7-17-13-12(18(19)20)2-1-6-16-13/h1-4,6,8H,5,7H2,(H,16,17). The number of hydrogen-bond acceptors (Lipinski definition) is 4. The Balaban J connectivity index is 2.01. The first-order valence-electron chi connectivity index (χ1n) is 5.85. The van der Waals surface area contributed by atoms with Gasteiger partial charge in [0.2, 0.25) is 5.82 Å². The van der Waals surface area contributed by atoms with Crippen LogP contribution < -0.4 is 5.32 Å². The molecule has 0 amide bonds. The fourth-order valence-corrected chi connectivity index (χ4v) is 2.22. The minimum atomic E-state index is -0.468. The number of hydrogen-bond donors (Lipinski definition) is 1. The summed E-state index contributed by atoms with van der Waals surface area (Å²) in [5.74, 6) is 0.252. The zero-order chi connectivity index (χ0) is 14.5. The van der Waals surface area contributed by atoms with Crippen LogP contribution in [-0.4, -0.2) is 16.5 Å². The molecule has 1 aromatic heterocycles. The average molecular weight is 312 g/mol. The summed E-state index contributed by atoms with van der Waals surface area (Å²) >= 11 is 11.9. The summed E-state index contributed by atoms with van der Waals surface area (Å²) in [5.41, 5.74) is 0.872. The SMILES string of the molecule is O=[N+]([O-])c1cccnc1NCCc1ccc(Cl)cc1Cl. The van der Waals surface area contributed by atoms with Gasteiger partial charge in [0.05, 0.1) is 4.92 Å². The monoisotopic (exact) mass is 311 g/mol. The number of rotatable bonds is 5. The third-order valence-electron chi connectivity index (χ3n) is 2.69. The van der Waals surface area contributed by atoms with Crippen molar-refractivity contribution in [2.45, 2.75) is 6.42 Å². The molecule has 1 heterocycles. The second-order valence-electron chi connectivity index (χ2n) is 4.04. The lowest BCUT2D eigenvalue weighted by molar-refractivity contribution is -0.384. The van der Waals surface area contributed by atoms with Gasteiger partial charge in [-0.25, -0.2) is 4.98 Å². The van der Waals surface area contributed by atoms with Gasteiger partial charge in [-0.3, -0.25) is 10.1 Å². The Morgan fingerprint density at radius 1 is 1.30 bits per heavy atom. The predicted octanol–water partition coefficient (Wildman–Crippen LogP) is 3.95. The van der Waals surface area contributed by atoms with Crippen molar-refractivity contribution in [2.24, 2.45) is 0 Å². The fourth-order valence-electron chi connectivity index (χ4n) is 1.72. The Bertz CT molecular complexity index is 635. The quantitative estimate of drug-likeness (QED) is 0.670. The molecular weight excluding hydrogens is 301 g/mol. The molecule has 0 saturated heterocycles. The predicted molar refractivity (Wildman–Crippen MR) is 79.5 cm³/mol. The summed E-state index contributed by atoms with van der Waals surface area (Å²) in [6.45, 7) is 0.485. The molecule has 7 heteroatoms. The van der Waals surface area contributed by atoms with Gasteiger partial charge in [-0.15, -0.1) is 0 Å². The lowest BCUT2D eigenvalue weighted by Gasteiger charge is -2.07. The van der Waals surface area contributed by atoms with Crippen molar-refractivity contribution < 1.29 is 4.92 Å². The number of nitrogens with one attached hydrogen (secondary N) is 1. The van der Waals surface area contributed by atoms with Crippen molar-refractivity contribution in [1.29, 1.82) is 0 Å². The van der Waals surface area contributed by atoms with Crippen LogP contribution in [0.5, 0.6) is 0 Å². The second kappa shape index (κ2) is 6.54. The third kappa shape index (κ3) is 3.59. The molecule has 5 nitrogen and oxygen atoms in total. The summed E-state index contributed by atoms with van der Waals surface area (Å²) < 4.78 is 0. The second-order valence-corrected chi connectivity index (χ2v) is 4.88. The van der Waals surface area contributed by atoms with E-state index in [1.165, 1.54) is 18.3 Å². The Morgan fingerprint density at radius 3 is 2.80 bits per heavy atom. The van der Waals surface area contributed by atoms with Crippen LogP contribution in [0.1, 0.15) is 5.56 Å². The Hall–Kier alpha value is -1.85. The largest absolute Gasteiger partial charge is 0.364 e. The molecule has 2 aromatic rings. The molecular formula is C13H11Cl2N3O2. The molecule has 2 rings (SSSR count). The molecule has 0 aliphatic heterocycles. The van der Waals surface area contributed by atoms with Crippen LogP contribution in [0.15, 0.2) is 36.5 Å². The van der Waals surface area contributed by atoms with Crippen molar-refractivity contribution in [3.63, 3.8) is 0 Å². The minimum Gasteiger partial charge on any atom is -0.364 e. The van der Waals surface area contributed by atoms with E-state index in [4.69, 9.17) is 23.2 Å². The number of nitrogens with zero attached hydrogens (tertiary/aromatic N) is 2. The number of benzene rings is 1. The van der Waals surface area contributed by atoms with Gasteiger partial charge >= 0.3 is 5.69 Å². The topological polar surface area (TPSA) is 68.1 Å². The molecule has 104 valence electrons. The number of anilines is 1. The highest BCUT2D eigenvalue weighted by atomic mass is 35.5. The molecule has 1 N–H and O–H groups in total. The Morgan fingerprint density at radius 2 is 2.10 bits per heavy atom. The highest BCUT2D eigenvalue weighted by molar-refractivity contribution is 6.35. The van der Waals surface area contributed by atoms with Gasteiger partial charge in [0, 0.05) is 28.9 Å². The number of nitro groups is 1. The van der Waals surface area contributed by atoms with Crippen LogP contribution in [-0.2, 0) is 6.42 Å². The van der Waals surface area contributed by atoms with Gasteiger partial charge in [0.25, 0.3) is 0 Å². The van der Waals surface area contributed by atoms with Crippen molar-refractivity contribution >= 4 is 34.7 Å². The highest BCUT2D eigenvalue weighted by Crippen LogP contribution is 2.23. The van der Waals surface area contributed by atoms with Gasteiger partial charge in [-0.05, 0) is 30.2 Å². The van der Waals surface area contributed by atoms with E-state index in [2.05, 4.69) is 10.3 Å². The van der Waals surface area contributed by atoms with Crippen LogP contribution in [0, 0.1) is 10.1 Å². The third-order valence-corrected chi connectivity index (χ3v) is 3.27. The van der Waals surface area contributed by atoms with Crippen LogP contribution in [0.4, 0.5) is 11.5 Å². The highest BCUT2D eigenvalue weighted by Gasteiger charge is 2.13. The van der Waals surface area contributed by atoms with E-state index in [9.17, 15) is 10.1 Å². The molecule has 0 saturated carbocycles. The number of aromatic nitrogens is 1. The molecule has 0 atom stereocenters. The molecule has 0 fully saturated rings. The average Bonchev–Trinajstić information content (AvgIpc) is 2.41. The van der Waals surface area contributed by atoms with Gasteiger partial charge in [0.15, 0.2) is 0 Å². The van der Waals surface area contributed by atoms with Crippen molar-refractivity contribution in [2.75, 3.05) is 11.9 Å². The zero-order valence-corrected chi connectivity index (χ0v) is 11.9. The molecule has 1 aromatic carbocycles. The van der Waals surface area contributed by atoms with Gasteiger partial charge in [0.1, 0.15) is 0 Å². The Kier molecular flexibility index (Phi) is 4.76. The van der Waals surface area contributed by atoms with Crippen molar-refractivity contribution in [3.05, 3.63) is 62.3 Å². The van der Waals surface area contributed by atoms with E-state index < -0.39 is 4.92 Å². The summed E-state index contributed by atoms with van der Waals surface area (Å²) in [7, 11) is 0. The summed E-state index contributed by atoms with van der Waals surface area (Å²) in [5, 5.41) is 14.9. The first-order valence-corrected chi connectivity index (χ1v) is 6.60. The van der Waals surface area contributed by atoms with Gasteiger partial charge in [-0.1, -0.05) is 29.3 Å². The fraction of sp³-hybridized carbons (Fsp3) is 0.154. The smallest absolute Gasteiger partial charge is 0.311 e. The molecule has 20 heavy (non-hydrogen) atoms.